The molecule has 4 heteroatoms. The van der Waals surface area contributed by atoms with Crippen molar-refractivity contribution in [1.82, 2.24) is 0 Å². The topological polar surface area (TPSA) is 35.5 Å². The standard InChI is InChI=1S/C11H13FO3/c1-3-15-7-9(13)8-5-4-6-10(14-2)11(8)12/h4-6H,3,7H2,1-2H3. The first-order valence-electron chi connectivity index (χ1n) is 4.64. The van der Waals surface area contributed by atoms with E-state index < -0.39 is 5.82 Å². The molecule has 82 valence electrons. The van der Waals surface area contributed by atoms with Crippen LogP contribution >= 0.6 is 0 Å². The predicted molar refractivity (Wildman–Crippen MR) is 53.8 cm³/mol. The van der Waals surface area contributed by atoms with Crippen molar-refractivity contribution in [2.75, 3.05) is 20.3 Å². The Kier molecular flexibility index (Phi) is 4.24. The lowest BCUT2D eigenvalue weighted by Crippen LogP contribution is -2.11. The Hall–Kier alpha value is -1.42. The maximum absolute atomic E-state index is 13.5. The molecule has 0 amide bonds. The first-order valence-corrected chi connectivity index (χ1v) is 4.64. The summed E-state index contributed by atoms with van der Waals surface area (Å²) in [6, 6.07) is 4.45. The Balaban J connectivity index is 2.89. The Morgan fingerprint density at radius 2 is 2.20 bits per heavy atom. The summed E-state index contributed by atoms with van der Waals surface area (Å²) in [6.07, 6.45) is 0. The molecule has 0 aliphatic carbocycles. The molecule has 0 aliphatic rings. The number of ether oxygens (including phenoxy) is 2. The fraction of sp³-hybridized carbons (Fsp3) is 0.364. The molecular weight excluding hydrogens is 199 g/mol. The van der Waals surface area contributed by atoms with Crippen LogP contribution in [0.5, 0.6) is 5.75 Å². The maximum Gasteiger partial charge on any atom is 0.191 e. The molecule has 0 heterocycles. The fourth-order valence-corrected chi connectivity index (χ4v) is 1.16. The van der Waals surface area contributed by atoms with Crippen LogP contribution in [0.1, 0.15) is 17.3 Å². The molecule has 0 atom stereocenters. The van der Waals surface area contributed by atoms with Crippen LogP contribution in [0.3, 0.4) is 0 Å². The zero-order valence-electron chi connectivity index (χ0n) is 8.75. The van der Waals surface area contributed by atoms with Gasteiger partial charge in [-0.2, -0.15) is 0 Å². The van der Waals surface area contributed by atoms with Crippen LogP contribution in [0.25, 0.3) is 0 Å². The van der Waals surface area contributed by atoms with Gasteiger partial charge in [-0.05, 0) is 19.1 Å². The van der Waals surface area contributed by atoms with Crippen LogP contribution in [-0.4, -0.2) is 26.1 Å². The lowest BCUT2D eigenvalue weighted by atomic mass is 10.1. The fourth-order valence-electron chi connectivity index (χ4n) is 1.16. The first kappa shape index (κ1) is 11.7. The van der Waals surface area contributed by atoms with E-state index in [-0.39, 0.29) is 23.7 Å². The molecule has 0 aliphatic heterocycles. The molecule has 0 bridgehead atoms. The van der Waals surface area contributed by atoms with E-state index >= 15 is 0 Å². The second kappa shape index (κ2) is 5.46. The van der Waals surface area contributed by atoms with E-state index in [2.05, 4.69) is 0 Å². The molecule has 0 saturated carbocycles. The number of halogens is 1. The lowest BCUT2D eigenvalue weighted by Gasteiger charge is -2.06. The van der Waals surface area contributed by atoms with Gasteiger partial charge in [0.25, 0.3) is 0 Å². The van der Waals surface area contributed by atoms with Gasteiger partial charge in [-0.15, -0.1) is 0 Å². The molecule has 1 aromatic rings. The zero-order chi connectivity index (χ0) is 11.3. The Bertz CT molecular complexity index is 350. The molecule has 0 unspecified atom stereocenters. The van der Waals surface area contributed by atoms with Gasteiger partial charge in [0.05, 0.1) is 12.7 Å². The molecule has 0 saturated heterocycles. The Labute approximate surface area is 87.8 Å². The van der Waals surface area contributed by atoms with Gasteiger partial charge in [0.2, 0.25) is 0 Å². The number of carbonyl (C=O) groups is 1. The zero-order valence-corrected chi connectivity index (χ0v) is 8.75. The van der Waals surface area contributed by atoms with Gasteiger partial charge < -0.3 is 9.47 Å². The van der Waals surface area contributed by atoms with Crippen molar-refractivity contribution >= 4 is 5.78 Å². The summed E-state index contributed by atoms with van der Waals surface area (Å²) in [5.41, 5.74) is 0.00259. The van der Waals surface area contributed by atoms with Crippen LogP contribution in [0.15, 0.2) is 18.2 Å². The van der Waals surface area contributed by atoms with Crippen molar-refractivity contribution < 1.29 is 18.7 Å². The summed E-state index contributed by atoms with van der Waals surface area (Å²) in [6.45, 7) is 2.09. The van der Waals surface area contributed by atoms with Crippen molar-refractivity contribution in [2.45, 2.75) is 6.92 Å². The van der Waals surface area contributed by atoms with Gasteiger partial charge >= 0.3 is 0 Å². The maximum atomic E-state index is 13.5. The number of rotatable bonds is 5. The second-order valence-electron chi connectivity index (χ2n) is 2.88. The normalized spacial score (nSPS) is 10.1. The monoisotopic (exact) mass is 212 g/mol. The average Bonchev–Trinajstić information content (AvgIpc) is 2.26. The van der Waals surface area contributed by atoms with E-state index in [4.69, 9.17) is 9.47 Å². The van der Waals surface area contributed by atoms with E-state index in [1.807, 2.05) is 0 Å². The largest absolute Gasteiger partial charge is 0.494 e. The molecule has 0 radical (unpaired) electrons. The third-order valence-corrected chi connectivity index (χ3v) is 1.92. The first-order chi connectivity index (χ1) is 7.20. The van der Waals surface area contributed by atoms with Gasteiger partial charge in [-0.1, -0.05) is 6.07 Å². The number of hydrogen-bond donors (Lipinski definition) is 0. The minimum absolute atomic E-state index is 0.00259. The second-order valence-corrected chi connectivity index (χ2v) is 2.88. The van der Waals surface area contributed by atoms with E-state index in [0.717, 1.165) is 0 Å². The number of methoxy groups -OCH3 is 1. The van der Waals surface area contributed by atoms with Gasteiger partial charge in [0.1, 0.15) is 6.61 Å². The summed E-state index contributed by atoms with van der Waals surface area (Å²) in [5, 5.41) is 0. The molecule has 0 fully saturated rings. The SMILES string of the molecule is CCOCC(=O)c1cccc(OC)c1F. The van der Waals surface area contributed by atoms with Crippen molar-refractivity contribution in [1.29, 1.82) is 0 Å². The van der Waals surface area contributed by atoms with Gasteiger partial charge in [0, 0.05) is 6.61 Å². The highest BCUT2D eigenvalue weighted by Gasteiger charge is 2.14. The average molecular weight is 212 g/mol. The highest BCUT2D eigenvalue weighted by Crippen LogP contribution is 2.20. The van der Waals surface area contributed by atoms with Crippen LogP contribution in [0.4, 0.5) is 4.39 Å². The summed E-state index contributed by atoms with van der Waals surface area (Å²) < 4.78 is 23.2. The molecule has 1 rings (SSSR count). The molecule has 0 N–H and O–H groups in total. The Morgan fingerprint density at radius 3 is 2.80 bits per heavy atom. The smallest absolute Gasteiger partial charge is 0.191 e. The highest BCUT2D eigenvalue weighted by molar-refractivity contribution is 5.97. The number of Topliss-reactive ketones (excluding diaryl/α,β-unsaturated/α-hetero) is 1. The van der Waals surface area contributed by atoms with E-state index in [1.165, 1.54) is 19.2 Å². The molecular formula is C11H13FO3. The molecule has 15 heavy (non-hydrogen) atoms. The van der Waals surface area contributed by atoms with Crippen LogP contribution in [0, 0.1) is 5.82 Å². The van der Waals surface area contributed by atoms with E-state index in [9.17, 15) is 9.18 Å². The van der Waals surface area contributed by atoms with Crippen molar-refractivity contribution in [3.63, 3.8) is 0 Å². The summed E-state index contributed by atoms with van der Waals surface area (Å²) >= 11 is 0. The molecule has 0 aromatic heterocycles. The Morgan fingerprint density at radius 1 is 1.47 bits per heavy atom. The van der Waals surface area contributed by atoms with Crippen LogP contribution in [0.2, 0.25) is 0 Å². The van der Waals surface area contributed by atoms with Crippen molar-refractivity contribution in [2.24, 2.45) is 0 Å². The highest BCUT2D eigenvalue weighted by atomic mass is 19.1. The minimum Gasteiger partial charge on any atom is -0.494 e. The summed E-state index contributed by atoms with van der Waals surface area (Å²) in [7, 11) is 1.36. The van der Waals surface area contributed by atoms with Crippen molar-refractivity contribution in [3.8, 4) is 5.75 Å². The molecule has 1 aromatic carbocycles. The van der Waals surface area contributed by atoms with Crippen molar-refractivity contribution in [3.05, 3.63) is 29.6 Å². The molecule has 0 spiro atoms. The third-order valence-electron chi connectivity index (χ3n) is 1.92. The van der Waals surface area contributed by atoms with Gasteiger partial charge in [-0.25, -0.2) is 4.39 Å². The third kappa shape index (κ3) is 2.76. The predicted octanol–water partition coefficient (Wildman–Crippen LogP) is 2.05. The minimum atomic E-state index is -0.635. The number of benzene rings is 1. The van der Waals surface area contributed by atoms with Gasteiger partial charge in [0.15, 0.2) is 17.3 Å². The molecule has 3 nitrogen and oxygen atoms in total. The number of ketones is 1. The lowest BCUT2D eigenvalue weighted by molar-refractivity contribution is 0.0778. The van der Waals surface area contributed by atoms with Crippen LogP contribution in [-0.2, 0) is 4.74 Å². The van der Waals surface area contributed by atoms with Gasteiger partial charge in [-0.3, -0.25) is 4.79 Å². The van der Waals surface area contributed by atoms with E-state index in [0.29, 0.717) is 6.61 Å². The number of carbonyl (C=O) groups excluding carboxylic acids is 1. The number of hydrogen-bond acceptors (Lipinski definition) is 3. The quantitative estimate of drug-likeness (QED) is 0.701. The van der Waals surface area contributed by atoms with E-state index in [1.54, 1.807) is 13.0 Å². The van der Waals surface area contributed by atoms with Crippen LogP contribution < -0.4 is 4.74 Å². The summed E-state index contributed by atoms with van der Waals surface area (Å²) in [5.74, 6) is -0.949. The summed E-state index contributed by atoms with van der Waals surface area (Å²) in [4.78, 5) is 11.5.